The van der Waals surface area contributed by atoms with Crippen LogP contribution in [0.3, 0.4) is 0 Å². The number of morpholine rings is 1. The van der Waals surface area contributed by atoms with E-state index in [0.29, 0.717) is 13.2 Å². The summed E-state index contributed by atoms with van der Waals surface area (Å²) in [7, 11) is 0. The van der Waals surface area contributed by atoms with Gasteiger partial charge >= 0.3 is 6.09 Å². The zero-order chi connectivity index (χ0) is 15.6. The molecule has 1 amide bonds. The second-order valence-corrected chi connectivity index (χ2v) is 7.16. The molecule has 1 saturated heterocycles. The molecule has 0 aromatic rings. The lowest BCUT2D eigenvalue weighted by Crippen LogP contribution is -2.57. The second kappa shape index (κ2) is 6.22. The van der Waals surface area contributed by atoms with Crippen molar-refractivity contribution in [1.29, 1.82) is 0 Å². The Hall–Kier alpha value is -1.29. The highest BCUT2D eigenvalue weighted by atomic mass is 16.6. The van der Waals surface area contributed by atoms with Gasteiger partial charge in [-0.2, -0.15) is 0 Å². The molecule has 2 heterocycles. The highest BCUT2D eigenvalue weighted by Crippen LogP contribution is 2.30. The van der Waals surface area contributed by atoms with Gasteiger partial charge in [0.05, 0.1) is 25.3 Å². The zero-order valence-electron chi connectivity index (χ0n) is 13.8. The van der Waals surface area contributed by atoms with Crippen LogP contribution in [0, 0.1) is 0 Å². The van der Waals surface area contributed by atoms with E-state index >= 15 is 0 Å². The van der Waals surface area contributed by atoms with E-state index in [2.05, 4.69) is 26.0 Å². The van der Waals surface area contributed by atoms with Crippen LogP contribution in [-0.4, -0.2) is 41.9 Å². The van der Waals surface area contributed by atoms with Gasteiger partial charge in [0.15, 0.2) is 0 Å². The Morgan fingerprint density at radius 1 is 1.43 bits per heavy atom. The number of carbonyl (C=O) groups is 1. The molecule has 2 bridgehead atoms. The number of nitrogens with zero attached hydrogens (tertiary/aromatic N) is 1. The summed E-state index contributed by atoms with van der Waals surface area (Å²) in [4.78, 5) is 14.3. The van der Waals surface area contributed by atoms with E-state index in [1.807, 2.05) is 25.7 Å². The first-order valence-electron chi connectivity index (χ1n) is 7.68. The van der Waals surface area contributed by atoms with Crippen molar-refractivity contribution >= 4 is 6.09 Å². The molecule has 2 unspecified atom stereocenters. The average Bonchev–Trinajstić information content (AvgIpc) is 2.32. The lowest BCUT2D eigenvalue weighted by Gasteiger charge is -2.44. The Balaban J connectivity index is 2.12. The Morgan fingerprint density at radius 2 is 2.14 bits per heavy atom. The second-order valence-electron chi connectivity index (χ2n) is 7.16. The monoisotopic (exact) mass is 293 g/mol. The Morgan fingerprint density at radius 3 is 2.71 bits per heavy atom. The molecule has 2 rings (SSSR count). The van der Waals surface area contributed by atoms with Gasteiger partial charge < -0.3 is 9.47 Å². The summed E-state index contributed by atoms with van der Waals surface area (Å²) in [5, 5.41) is 0. The van der Waals surface area contributed by atoms with Crippen molar-refractivity contribution in [2.45, 2.75) is 65.1 Å². The van der Waals surface area contributed by atoms with Crippen molar-refractivity contribution in [3.05, 3.63) is 23.3 Å². The van der Waals surface area contributed by atoms with Gasteiger partial charge in [-0.15, -0.1) is 0 Å². The first-order chi connectivity index (χ1) is 9.76. The number of amides is 1. The van der Waals surface area contributed by atoms with Crippen LogP contribution in [0.1, 0.15) is 47.5 Å². The van der Waals surface area contributed by atoms with Gasteiger partial charge in [0, 0.05) is 0 Å². The first kappa shape index (κ1) is 16.1. The van der Waals surface area contributed by atoms with E-state index < -0.39 is 5.60 Å². The molecule has 21 heavy (non-hydrogen) atoms. The third-order valence-corrected chi connectivity index (χ3v) is 3.65. The van der Waals surface area contributed by atoms with Gasteiger partial charge in [0.25, 0.3) is 0 Å². The van der Waals surface area contributed by atoms with Gasteiger partial charge in [-0.05, 0) is 47.5 Å². The van der Waals surface area contributed by atoms with Crippen LogP contribution in [0.4, 0.5) is 4.79 Å². The molecule has 1 fully saturated rings. The highest BCUT2D eigenvalue weighted by molar-refractivity contribution is 5.70. The number of hydrogen-bond acceptors (Lipinski definition) is 3. The molecule has 4 heteroatoms. The zero-order valence-corrected chi connectivity index (χ0v) is 13.8. The maximum Gasteiger partial charge on any atom is 0.411 e. The largest absolute Gasteiger partial charge is 0.444 e. The van der Waals surface area contributed by atoms with Gasteiger partial charge in [0.2, 0.25) is 0 Å². The molecule has 0 aromatic heterocycles. The Bertz CT molecular complexity index is 455. The predicted octanol–water partition coefficient (Wildman–Crippen LogP) is 3.68. The van der Waals surface area contributed by atoms with E-state index in [1.54, 1.807) is 0 Å². The van der Waals surface area contributed by atoms with Crippen LogP contribution >= 0.6 is 0 Å². The number of carbonyl (C=O) groups excluding carboxylic acids is 1. The Kier molecular flexibility index (Phi) is 4.77. The molecular weight excluding hydrogens is 266 g/mol. The maximum atomic E-state index is 12.4. The molecular formula is C17H27NO3. The Labute approximate surface area is 127 Å². The van der Waals surface area contributed by atoms with Crippen molar-refractivity contribution in [1.82, 2.24) is 4.90 Å². The van der Waals surface area contributed by atoms with Crippen molar-refractivity contribution in [2.24, 2.45) is 0 Å². The minimum absolute atomic E-state index is 0.00733. The minimum atomic E-state index is -0.460. The predicted molar refractivity (Wildman–Crippen MR) is 83.2 cm³/mol. The molecule has 0 radical (unpaired) electrons. The summed E-state index contributed by atoms with van der Waals surface area (Å²) in [5.41, 5.74) is 2.26. The summed E-state index contributed by atoms with van der Waals surface area (Å²) in [6.45, 7) is 11.1. The molecule has 0 aromatic carbocycles. The number of fused-ring (bicyclic) bond motifs is 2. The highest BCUT2D eigenvalue weighted by Gasteiger charge is 2.39. The fraction of sp³-hybridized carbons (Fsp3) is 0.706. The minimum Gasteiger partial charge on any atom is -0.444 e. The van der Waals surface area contributed by atoms with Gasteiger partial charge in [-0.1, -0.05) is 23.3 Å². The fourth-order valence-electron chi connectivity index (χ4n) is 2.77. The molecule has 4 nitrogen and oxygen atoms in total. The third-order valence-electron chi connectivity index (χ3n) is 3.65. The summed E-state index contributed by atoms with van der Waals surface area (Å²) < 4.78 is 11.1. The van der Waals surface area contributed by atoms with E-state index in [-0.39, 0.29) is 18.2 Å². The number of ether oxygens (including phenoxy) is 2. The number of allylic oxidation sites excluding steroid dienone is 2. The van der Waals surface area contributed by atoms with Crippen molar-refractivity contribution < 1.29 is 14.3 Å². The quantitative estimate of drug-likeness (QED) is 0.729. The van der Waals surface area contributed by atoms with E-state index in [0.717, 1.165) is 12.8 Å². The molecule has 0 aliphatic carbocycles. The van der Waals surface area contributed by atoms with Gasteiger partial charge in [0.1, 0.15) is 5.60 Å². The average molecular weight is 293 g/mol. The van der Waals surface area contributed by atoms with Crippen LogP contribution in [0.5, 0.6) is 0 Å². The standard InChI is InChI=1S/C17H27NO3/c1-12(2)6-7-13-8-14-10-20-11-15(9-13)18(14)16(19)21-17(3,4)5/h6,8,14-15H,7,9-11H2,1-5H3. The molecule has 0 spiro atoms. The summed E-state index contributed by atoms with van der Waals surface area (Å²) in [5.74, 6) is 0. The van der Waals surface area contributed by atoms with E-state index in [1.165, 1.54) is 11.1 Å². The number of rotatable bonds is 2. The molecule has 118 valence electrons. The molecule has 2 aliphatic rings. The SMILES string of the molecule is CC(C)=CCC1=CC2COCC(C1)N2C(=O)OC(C)(C)C. The normalized spacial score (nSPS) is 25.2. The first-order valence-corrected chi connectivity index (χ1v) is 7.68. The fourth-order valence-corrected chi connectivity index (χ4v) is 2.77. The summed E-state index contributed by atoms with van der Waals surface area (Å²) in [6, 6.07) is 0.108. The molecule has 2 atom stereocenters. The van der Waals surface area contributed by atoms with Crippen molar-refractivity contribution in [3.8, 4) is 0 Å². The van der Waals surface area contributed by atoms with Crippen LogP contribution in [0.15, 0.2) is 23.3 Å². The summed E-state index contributed by atoms with van der Waals surface area (Å²) in [6.07, 6.45) is 6.04. The third kappa shape index (κ3) is 4.34. The lowest BCUT2D eigenvalue weighted by molar-refractivity contribution is -0.0536. The van der Waals surface area contributed by atoms with Gasteiger partial charge in [-0.3, -0.25) is 4.90 Å². The lowest BCUT2D eigenvalue weighted by atomic mass is 9.92. The number of hydrogen-bond donors (Lipinski definition) is 0. The van der Waals surface area contributed by atoms with Gasteiger partial charge in [-0.25, -0.2) is 4.79 Å². The molecule has 0 N–H and O–H groups in total. The van der Waals surface area contributed by atoms with Crippen LogP contribution < -0.4 is 0 Å². The van der Waals surface area contributed by atoms with Crippen LogP contribution in [-0.2, 0) is 9.47 Å². The van der Waals surface area contributed by atoms with Crippen molar-refractivity contribution in [2.75, 3.05) is 13.2 Å². The van der Waals surface area contributed by atoms with Crippen molar-refractivity contribution in [3.63, 3.8) is 0 Å². The van der Waals surface area contributed by atoms with E-state index in [9.17, 15) is 4.79 Å². The molecule has 0 saturated carbocycles. The van der Waals surface area contributed by atoms with Crippen LogP contribution in [0.2, 0.25) is 0 Å². The summed E-state index contributed by atoms with van der Waals surface area (Å²) >= 11 is 0. The van der Waals surface area contributed by atoms with E-state index in [4.69, 9.17) is 9.47 Å². The topological polar surface area (TPSA) is 38.8 Å². The molecule has 2 aliphatic heterocycles. The smallest absolute Gasteiger partial charge is 0.411 e. The maximum absolute atomic E-state index is 12.4. The van der Waals surface area contributed by atoms with Crippen LogP contribution in [0.25, 0.3) is 0 Å².